The molecule has 1 aliphatic carbocycles. The Balaban J connectivity index is 1.58. The average molecular weight is 353 g/mol. The molecule has 0 radical (unpaired) electrons. The van der Waals surface area contributed by atoms with Crippen molar-refractivity contribution in [2.75, 3.05) is 6.54 Å². The molecule has 25 heavy (non-hydrogen) atoms. The van der Waals surface area contributed by atoms with Crippen LogP contribution in [0.4, 0.5) is 13.6 Å². The average Bonchev–Trinajstić information content (AvgIpc) is 3.01. The fraction of sp³-hybridized carbons (Fsp3) is 0.667. The molecule has 2 heterocycles. The third kappa shape index (κ3) is 3.70. The van der Waals surface area contributed by atoms with Gasteiger partial charge in [-0.3, -0.25) is 0 Å². The van der Waals surface area contributed by atoms with Crippen LogP contribution in [-0.2, 0) is 6.54 Å². The predicted molar refractivity (Wildman–Crippen MR) is 89.3 cm³/mol. The second-order valence-electron chi connectivity index (χ2n) is 7.43. The number of urea groups is 1. The Morgan fingerprint density at radius 3 is 2.80 bits per heavy atom. The molecule has 1 saturated carbocycles. The van der Waals surface area contributed by atoms with Crippen LogP contribution in [0, 0.1) is 11.3 Å². The summed E-state index contributed by atoms with van der Waals surface area (Å²) in [7, 11) is 0. The fourth-order valence-electron chi connectivity index (χ4n) is 4.54. The van der Waals surface area contributed by atoms with E-state index in [1.165, 1.54) is 37.9 Å². The largest absolute Gasteiger partial charge is 0.417 e. The van der Waals surface area contributed by atoms with Crippen molar-refractivity contribution in [3.05, 3.63) is 23.9 Å². The van der Waals surface area contributed by atoms with Crippen LogP contribution in [0.2, 0.25) is 0 Å². The molecule has 1 N–H and O–H groups in total. The molecule has 1 aliphatic heterocycles. The number of nitrogens with zero attached hydrogens (tertiary/aromatic N) is 2. The van der Waals surface area contributed by atoms with E-state index in [2.05, 4.69) is 28.9 Å². The first-order chi connectivity index (χ1) is 11.9. The van der Waals surface area contributed by atoms with E-state index in [-0.39, 0.29) is 24.5 Å². The summed E-state index contributed by atoms with van der Waals surface area (Å²) in [6.45, 7) is 2.50. The van der Waals surface area contributed by atoms with Crippen molar-refractivity contribution in [3.63, 3.8) is 0 Å². The maximum absolute atomic E-state index is 12.6. The van der Waals surface area contributed by atoms with Crippen molar-refractivity contribution in [2.24, 2.45) is 11.3 Å². The maximum atomic E-state index is 12.6. The molecular formula is C18H25F2N3O2. The van der Waals surface area contributed by atoms with Gasteiger partial charge in [0.05, 0.1) is 0 Å². The first-order valence-corrected chi connectivity index (χ1v) is 8.85. The molecule has 138 valence electrons. The van der Waals surface area contributed by atoms with Crippen LogP contribution in [0.15, 0.2) is 18.3 Å². The number of aromatic nitrogens is 1. The molecule has 7 heteroatoms. The van der Waals surface area contributed by atoms with Crippen molar-refractivity contribution < 1.29 is 18.3 Å². The first kappa shape index (κ1) is 17.9. The Morgan fingerprint density at radius 2 is 2.16 bits per heavy atom. The molecule has 1 aromatic rings. The number of carbonyl (C=O) groups excluding carboxylic acids is 1. The van der Waals surface area contributed by atoms with Crippen LogP contribution in [0.1, 0.15) is 45.1 Å². The van der Waals surface area contributed by atoms with Gasteiger partial charge in [-0.2, -0.15) is 8.78 Å². The Kier molecular flexibility index (Phi) is 5.11. The standard InChI is InChI=1S/C18H25F2N3O2/c1-12(2)15-18(6-3-4-7-18)11-23(15)17(24)22-10-13-5-8-21-14(9-13)25-16(19)20/h5,8-9,12,15-16H,3-4,6-7,10-11H2,1-2H3,(H,22,24). The van der Waals surface area contributed by atoms with Crippen LogP contribution in [-0.4, -0.2) is 35.1 Å². The SMILES string of the molecule is CC(C)C1N(C(=O)NCc2ccnc(OC(F)F)c2)CC12CCCC2. The number of ether oxygens (including phenoxy) is 1. The van der Waals surface area contributed by atoms with Crippen LogP contribution < -0.4 is 10.1 Å². The van der Waals surface area contributed by atoms with Gasteiger partial charge in [-0.25, -0.2) is 9.78 Å². The molecule has 1 unspecified atom stereocenters. The second-order valence-corrected chi connectivity index (χ2v) is 7.43. The summed E-state index contributed by atoms with van der Waals surface area (Å²) < 4.78 is 28.8. The minimum atomic E-state index is -2.91. The number of hydrogen-bond acceptors (Lipinski definition) is 3. The minimum absolute atomic E-state index is 0.0932. The molecular weight excluding hydrogens is 328 g/mol. The highest BCUT2D eigenvalue weighted by molar-refractivity contribution is 5.76. The Hall–Kier alpha value is -1.92. The summed E-state index contributed by atoms with van der Waals surface area (Å²) in [6, 6.07) is 3.28. The molecule has 1 atom stereocenters. The van der Waals surface area contributed by atoms with Gasteiger partial charge < -0.3 is 15.0 Å². The number of amides is 2. The number of hydrogen-bond donors (Lipinski definition) is 1. The quantitative estimate of drug-likeness (QED) is 0.876. The van der Waals surface area contributed by atoms with Gasteiger partial charge >= 0.3 is 12.6 Å². The van der Waals surface area contributed by atoms with Gasteiger partial charge in [0.15, 0.2) is 0 Å². The predicted octanol–water partition coefficient (Wildman–Crippen LogP) is 3.79. The lowest BCUT2D eigenvalue weighted by Gasteiger charge is -2.58. The lowest BCUT2D eigenvalue weighted by Crippen LogP contribution is -2.68. The van der Waals surface area contributed by atoms with Crippen molar-refractivity contribution in [1.82, 2.24) is 15.2 Å². The summed E-state index contributed by atoms with van der Waals surface area (Å²) in [6.07, 6.45) is 6.31. The zero-order chi connectivity index (χ0) is 18.0. The lowest BCUT2D eigenvalue weighted by atomic mass is 9.66. The van der Waals surface area contributed by atoms with E-state index in [0.717, 1.165) is 6.54 Å². The normalized spacial score (nSPS) is 21.7. The number of halogens is 2. The minimum Gasteiger partial charge on any atom is -0.417 e. The molecule has 1 spiro atoms. The van der Waals surface area contributed by atoms with Gasteiger partial charge in [0.25, 0.3) is 0 Å². The van der Waals surface area contributed by atoms with E-state index in [9.17, 15) is 13.6 Å². The highest BCUT2D eigenvalue weighted by Gasteiger charge is 2.56. The topological polar surface area (TPSA) is 54.5 Å². The monoisotopic (exact) mass is 353 g/mol. The molecule has 2 amide bonds. The fourth-order valence-corrected chi connectivity index (χ4v) is 4.54. The van der Waals surface area contributed by atoms with Crippen LogP contribution in [0.3, 0.4) is 0 Å². The molecule has 1 aromatic heterocycles. The highest BCUT2D eigenvalue weighted by atomic mass is 19.3. The number of rotatable bonds is 5. The molecule has 5 nitrogen and oxygen atoms in total. The lowest BCUT2D eigenvalue weighted by molar-refractivity contribution is -0.0616. The van der Waals surface area contributed by atoms with E-state index >= 15 is 0 Å². The molecule has 1 saturated heterocycles. The van der Waals surface area contributed by atoms with Gasteiger partial charge in [0.2, 0.25) is 5.88 Å². The van der Waals surface area contributed by atoms with Crippen molar-refractivity contribution in [3.8, 4) is 5.88 Å². The zero-order valence-electron chi connectivity index (χ0n) is 14.7. The third-order valence-corrected chi connectivity index (χ3v) is 5.39. The van der Waals surface area contributed by atoms with Crippen molar-refractivity contribution >= 4 is 6.03 Å². The third-order valence-electron chi connectivity index (χ3n) is 5.39. The molecule has 2 aliphatic rings. The van der Waals surface area contributed by atoms with E-state index in [1.54, 1.807) is 6.07 Å². The Morgan fingerprint density at radius 1 is 1.44 bits per heavy atom. The zero-order valence-corrected chi connectivity index (χ0v) is 14.7. The van der Waals surface area contributed by atoms with Crippen molar-refractivity contribution in [2.45, 2.75) is 58.7 Å². The number of alkyl halides is 2. The number of pyridine rings is 1. The van der Waals surface area contributed by atoms with Gasteiger partial charge in [0, 0.05) is 36.8 Å². The van der Waals surface area contributed by atoms with E-state index in [1.807, 2.05) is 4.90 Å². The van der Waals surface area contributed by atoms with Gasteiger partial charge in [-0.05, 0) is 30.4 Å². The summed E-state index contributed by atoms with van der Waals surface area (Å²) in [4.78, 5) is 18.2. The summed E-state index contributed by atoms with van der Waals surface area (Å²) >= 11 is 0. The first-order valence-electron chi connectivity index (χ1n) is 8.85. The summed E-state index contributed by atoms with van der Waals surface area (Å²) in [5, 5.41) is 2.89. The summed E-state index contributed by atoms with van der Waals surface area (Å²) in [5.74, 6) is 0.278. The van der Waals surface area contributed by atoms with Crippen molar-refractivity contribution in [1.29, 1.82) is 0 Å². The van der Waals surface area contributed by atoms with Crippen LogP contribution >= 0.6 is 0 Å². The highest BCUT2D eigenvalue weighted by Crippen LogP contribution is 2.52. The van der Waals surface area contributed by atoms with Gasteiger partial charge in [0.1, 0.15) is 0 Å². The molecule has 2 fully saturated rings. The Labute approximate surface area is 146 Å². The molecule has 3 rings (SSSR count). The Bertz CT molecular complexity index is 618. The number of nitrogens with one attached hydrogen (secondary N) is 1. The van der Waals surface area contributed by atoms with Gasteiger partial charge in [-0.1, -0.05) is 26.7 Å². The van der Waals surface area contributed by atoms with E-state index < -0.39 is 6.61 Å². The van der Waals surface area contributed by atoms with E-state index in [4.69, 9.17) is 0 Å². The molecule has 0 aromatic carbocycles. The number of carbonyl (C=O) groups is 1. The smallest absolute Gasteiger partial charge is 0.388 e. The maximum Gasteiger partial charge on any atom is 0.388 e. The number of likely N-dealkylation sites (tertiary alicyclic amines) is 1. The molecule has 0 bridgehead atoms. The second kappa shape index (κ2) is 7.14. The van der Waals surface area contributed by atoms with Gasteiger partial charge in [-0.15, -0.1) is 0 Å². The van der Waals surface area contributed by atoms with Crippen LogP contribution in [0.5, 0.6) is 5.88 Å². The van der Waals surface area contributed by atoms with E-state index in [0.29, 0.717) is 16.9 Å². The van der Waals surface area contributed by atoms with Crippen LogP contribution in [0.25, 0.3) is 0 Å². The summed E-state index contributed by atoms with van der Waals surface area (Å²) in [5.41, 5.74) is 0.983.